The van der Waals surface area contributed by atoms with E-state index in [0.717, 1.165) is 13.0 Å². The SMILES string of the molecule is CCN1OC(C(=O)OC)CC1C. The van der Waals surface area contributed by atoms with Crippen molar-refractivity contribution in [2.45, 2.75) is 32.4 Å². The molecule has 0 radical (unpaired) electrons. The highest BCUT2D eigenvalue weighted by Crippen LogP contribution is 2.20. The molecule has 0 amide bonds. The maximum Gasteiger partial charge on any atom is 0.337 e. The van der Waals surface area contributed by atoms with Crippen molar-refractivity contribution >= 4 is 5.97 Å². The fraction of sp³-hybridized carbons (Fsp3) is 0.875. The van der Waals surface area contributed by atoms with Gasteiger partial charge in [0, 0.05) is 19.0 Å². The molecule has 0 spiro atoms. The van der Waals surface area contributed by atoms with E-state index in [9.17, 15) is 4.79 Å². The Hall–Kier alpha value is -0.610. The summed E-state index contributed by atoms with van der Waals surface area (Å²) in [5, 5.41) is 1.81. The minimum Gasteiger partial charge on any atom is -0.467 e. The van der Waals surface area contributed by atoms with Crippen LogP contribution in [0.1, 0.15) is 20.3 Å². The molecular formula is C8H15NO3. The summed E-state index contributed by atoms with van der Waals surface area (Å²) < 4.78 is 4.58. The fourth-order valence-corrected chi connectivity index (χ4v) is 1.39. The predicted molar refractivity (Wildman–Crippen MR) is 43.3 cm³/mol. The third-order valence-electron chi connectivity index (χ3n) is 2.09. The van der Waals surface area contributed by atoms with Crippen LogP contribution in [-0.2, 0) is 14.4 Å². The Morgan fingerprint density at radius 3 is 2.83 bits per heavy atom. The van der Waals surface area contributed by atoms with E-state index < -0.39 is 6.10 Å². The van der Waals surface area contributed by atoms with Crippen LogP contribution < -0.4 is 0 Å². The molecule has 1 rings (SSSR count). The zero-order valence-corrected chi connectivity index (χ0v) is 7.74. The molecule has 2 atom stereocenters. The van der Waals surface area contributed by atoms with E-state index in [4.69, 9.17) is 4.84 Å². The van der Waals surface area contributed by atoms with Crippen LogP contribution in [0.3, 0.4) is 0 Å². The average Bonchev–Trinajstić information content (AvgIpc) is 2.45. The van der Waals surface area contributed by atoms with Crippen LogP contribution in [0.2, 0.25) is 0 Å². The lowest BCUT2D eigenvalue weighted by Gasteiger charge is -2.16. The van der Waals surface area contributed by atoms with Crippen molar-refractivity contribution in [3.8, 4) is 0 Å². The Kier molecular flexibility index (Phi) is 3.05. The second kappa shape index (κ2) is 3.87. The summed E-state index contributed by atoms with van der Waals surface area (Å²) in [5.41, 5.74) is 0. The van der Waals surface area contributed by atoms with Crippen molar-refractivity contribution in [2.24, 2.45) is 0 Å². The lowest BCUT2D eigenvalue weighted by molar-refractivity contribution is -0.184. The van der Waals surface area contributed by atoms with Crippen molar-refractivity contribution in [1.82, 2.24) is 5.06 Å². The first-order valence-electron chi connectivity index (χ1n) is 4.20. The summed E-state index contributed by atoms with van der Waals surface area (Å²) in [6, 6.07) is 0.305. The van der Waals surface area contributed by atoms with Crippen molar-refractivity contribution in [3.63, 3.8) is 0 Å². The maximum atomic E-state index is 11.0. The third-order valence-corrected chi connectivity index (χ3v) is 2.09. The van der Waals surface area contributed by atoms with Crippen molar-refractivity contribution in [1.29, 1.82) is 0 Å². The second-order valence-electron chi connectivity index (χ2n) is 2.94. The third kappa shape index (κ3) is 1.76. The zero-order valence-electron chi connectivity index (χ0n) is 7.74. The average molecular weight is 173 g/mol. The standard InChI is InChI=1S/C8H15NO3/c1-4-9-6(2)5-7(12-9)8(10)11-3/h6-7H,4-5H2,1-3H3. The number of carbonyl (C=O) groups is 1. The minimum atomic E-state index is -0.398. The number of methoxy groups -OCH3 is 1. The summed E-state index contributed by atoms with van der Waals surface area (Å²) >= 11 is 0. The normalized spacial score (nSPS) is 30.6. The van der Waals surface area contributed by atoms with Gasteiger partial charge in [0.05, 0.1) is 7.11 Å². The van der Waals surface area contributed by atoms with Gasteiger partial charge in [-0.15, -0.1) is 0 Å². The van der Waals surface area contributed by atoms with Crippen LogP contribution in [-0.4, -0.2) is 36.8 Å². The quantitative estimate of drug-likeness (QED) is 0.572. The number of hydrogen-bond acceptors (Lipinski definition) is 4. The van der Waals surface area contributed by atoms with Crippen LogP contribution in [0.25, 0.3) is 0 Å². The summed E-state index contributed by atoms with van der Waals surface area (Å²) in [7, 11) is 1.38. The van der Waals surface area contributed by atoms with Crippen molar-refractivity contribution in [2.75, 3.05) is 13.7 Å². The van der Waals surface area contributed by atoms with E-state index in [0.29, 0.717) is 6.04 Å². The van der Waals surface area contributed by atoms with Gasteiger partial charge in [0.2, 0.25) is 0 Å². The van der Waals surface area contributed by atoms with Crippen molar-refractivity contribution < 1.29 is 14.4 Å². The zero-order chi connectivity index (χ0) is 9.14. The molecule has 1 heterocycles. The monoisotopic (exact) mass is 173 g/mol. The van der Waals surface area contributed by atoms with Crippen LogP contribution in [0.5, 0.6) is 0 Å². The number of esters is 1. The van der Waals surface area contributed by atoms with Gasteiger partial charge in [-0.3, -0.25) is 4.84 Å². The molecule has 1 fully saturated rings. The molecule has 0 aromatic heterocycles. The van der Waals surface area contributed by atoms with Crippen LogP contribution in [0.15, 0.2) is 0 Å². The van der Waals surface area contributed by atoms with E-state index in [2.05, 4.69) is 4.74 Å². The molecule has 1 aliphatic heterocycles. The topological polar surface area (TPSA) is 38.8 Å². The number of ether oxygens (including phenoxy) is 1. The van der Waals surface area contributed by atoms with Gasteiger partial charge in [0.25, 0.3) is 0 Å². The van der Waals surface area contributed by atoms with E-state index in [1.54, 1.807) is 0 Å². The summed E-state index contributed by atoms with van der Waals surface area (Å²) in [5.74, 6) is -0.280. The molecule has 0 aliphatic carbocycles. The first-order valence-corrected chi connectivity index (χ1v) is 4.20. The first-order chi connectivity index (χ1) is 5.69. The van der Waals surface area contributed by atoms with Crippen molar-refractivity contribution in [3.05, 3.63) is 0 Å². The van der Waals surface area contributed by atoms with Crippen LogP contribution in [0.4, 0.5) is 0 Å². The number of hydroxylamine groups is 2. The molecule has 0 aromatic carbocycles. The van der Waals surface area contributed by atoms with Gasteiger partial charge in [0.1, 0.15) is 0 Å². The van der Waals surface area contributed by atoms with Crippen LogP contribution >= 0.6 is 0 Å². The molecule has 0 saturated carbocycles. The Morgan fingerprint density at radius 1 is 1.75 bits per heavy atom. The largest absolute Gasteiger partial charge is 0.467 e. The number of hydrogen-bond donors (Lipinski definition) is 0. The molecule has 1 saturated heterocycles. The molecule has 4 nitrogen and oxygen atoms in total. The van der Waals surface area contributed by atoms with Gasteiger partial charge in [-0.1, -0.05) is 6.92 Å². The molecule has 0 aromatic rings. The van der Waals surface area contributed by atoms with E-state index in [1.165, 1.54) is 7.11 Å². The van der Waals surface area contributed by atoms with Gasteiger partial charge in [-0.25, -0.2) is 4.79 Å². The smallest absolute Gasteiger partial charge is 0.337 e. The molecule has 0 bridgehead atoms. The van der Waals surface area contributed by atoms with E-state index >= 15 is 0 Å². The predicted octanol–water partition coefficient (Wildman–Crippen LogP) is 0.574. The summed E-state index contributed by atoms with van der Waals surface area (Å²) in [6.07, 6.45) is 0.325. The number of nitrogens with zero attached hydrogens (tertiary/aromatic N) is 1. The lowest BCUT2D eigenvalue weighted by atomic mass is 10.2. The molecule has 1 aliphatic rings. The number of carbonyl (C=O) groups excluding carboxylic acids is 1. The van der Waals surface area contributed by atoms with Gasteiger partial charge in [-0.05, 0) is 6.92 Å². The van der Waals surface area contributed by atoms with Gasteiger partial charge >= 0.3 is 5.97 Å². The minimum absolute atomic E-state index is 0.280. The summed E-state index contributed by atoms with van der Waals surface area (Å²) in [4.78, 5) is 16.4. The van der Waals surface area contributed by atoms with Gasteiger partial charge in [-0.2, -0.15) is 5.06 Å². The lowest BCUT2D eigenvalue weighted by Crippen LogP contribution is -2.26. The van der Waals surface area contributed by atoms with Gasteiger partial charge < -0.3 is 4.74 Å². The molecule has 4 heteroatoms. The number of rotatable bonds is 2. The van der Waals surface area contributed by atoms with E-state index in [-0.39, 0.29) is 5.97 Å². The van der Waals surface area contributed by atoms with E-state index in [1.807, 2.05) is 18.9 Å². The summed E-state index contributed by atoms with van der Waals surface area (Å²) in [6.45, 7) is 4.83. The Morgan fingerprint density at radius 2 is 2.42 bits per heavy atom. The fourth-order valence-electron chi connectivity index (χ4n) is 1.39. The first kappa shape index (κ1) is 9.48. The van der Waals surface area contributed by atoms with Gasteiger partial charge in [0.15, 0.2) is 6.10 Å². The molecule has 0 N–H and O–H groups in total. The highest BCUT2D eigenvalue weighted by molar-refractivity contribution is 5.74. The highest BCUT2D eigenvalue weighted by Gasteiger charge is 2.34. The van der Waals surface area contributed by atoms with Crippen LogP contribution in [0, 0.1) is 0 Å². The Labute approximate surface area is 72.4 Å². The maximum absolute atomic E-state index is 11.0. The molecule has 2 unspecified atom stereocenters. The Balaban J connectivity index is 2.48. The molecule has 12 heavy (non-hydrogen) atoms. The molecule has 70 valence electrons. The Bertz CT molecular complexity index is 172. The molecular weight excluding hydrogens is 158 g/mol. The highest BCUT2D eigenvalue weighted by atomic mass is 16.7. The second-order valence-corrected chi connectivity index (χ2v) is 2.94.